The number of aryl methyl sites for hydroxylation is 1. The maximum Gasteiger partial charge on any atom is 0.410 e. The Morgan fingerprint density at radius 3 is 2.42 bits per heavy atom. The fraction of sp³-hybridized carbons (Fsp3) is 0.303. The minimum atomic E-state index is -0.497. The first-order valence-corrected chi connectivity index (χ1v) is 14.3. The molecule has 5 rings (SSSR count). The summed E-state index contributed by atoms with van der Waals surface area (Å²) in [7, 11) is 0. The van der Waals surface area contributed by atoms with Crippen LogP contribution in [0.2, 0.25) is 0 Å². The third-order valence-electron chi connectivity index (χ3n) is 7.00. The van der Waals surface area contributed by atoms with Gasteiger partial charge in [0.2, 0.25) is 5.95 Å². The molecule has 1 aliphatic heterocycles. The molecule has 2 amide bonds. The largest absolute Gasteiger partial charge is 0.444 e. The number of amides is 2. The third kappa shape index (κ3) is 8.14. The maximum absolute atomic E-state index is 13.0. The van der Waals surface area contributed by atoms with E-state index in [2.05, 4.69) is 30.5 Å². The summed E-state index contributed by atoms with van der Waals surface area (Å²) in [5, 5.41) is 6.27. The molecule has 2 N–H and O–H groups in total. The molecule has 0 atom stereocenters. The minimum absolute atomic E-state index is 0.192. The molecule has 0 spiro atoms. The predicted molar refractivity (Wildman–Crippen MR) is 167 cm³/mol. The van der Waals surface area contributed by atoms with Crippen LogP contribution in [-0.2, 0) is 11.3 Å². The molecular weight excluding hydrogens is 542 g/mol. The van der Waals surface area contributed by atoms with Crippen molar-refractivity contribution in [2.75, 3.05) is 36.8 Å². The molecule has 222 valence electrons. The van der Waals surface area contributed by atoms with E-state index in [9.17, 15) is 9.59 Å². The number of pyridine rings is 1. The molecule has 0 bridgehead atoms. The van der Waals surface area contributed by atoms with E-state index < -0.39 is 5.60 Å². The van der Waals surface area contributed by atoms with Gasteiger partial charge in [0.05, 0.1) is 5.69 Å². The predicted octanol–water partition coefficient (Wildman–Crippen LogP) is 5.90. The van der Waals surface area contributed by atoms with Crippen molar-refractivity contribution in [2.24, 2.45) is 0 Å². The molecular formula is C33H37N7O3. The zero-order valence-corrected chi connectivity index (χ0v) is 25.0. The molecule has 0 unspecified atom stereocenters. The first-order chi connectivity index (χ1) is 20.6. The quantitative estimate of drug-likeness (QED) is 0.279. The lowest BCUT2D eigenvalue weighted by Crippen LogP contribution is -2.49. The van der Waals surface area contributed by atoms with Gasteiger partial charge >= 0.3 is 6.09 Å². The van der Waals surface area contributed by atoms with E-state index in [-0.39, 0.29) is 12.0 Å². The first kappa shape index (κ1) is 29.7. The van der Waals surface area contributed by atoms with Crippen LogP contribution in [0.1, 0.15) is 42.3 Å². The summed E-state index contributed by atoms with van der Waals surface area (Å²) in [6, 6.07) is 19.0. The highest BCUT2D eigenvalue weighted by molar-refractivity contribution is 6.04. The van der Waals surface area contributed by atoms with Crippen LogP contribution in [0, 0.1) is 6.92 Å². The second kappa shape index (κ2) is 13.0. The normalized spacial score (nSPS) is 13.8. The molecule has 43 heavy (non-hydrogen) atoms. The van der Waals surface area contributed by atoms with Gasteiger partial charge in [-0.05, 0) is 81.3 Å². The lowest BCUT2D eigenvalue weighted by Gasteiger charge is -2.35. The summed E-state index contributed by atoms with van der Waals surface area (Å²) < 4.78 is 5.49. The number of anilines is 3. The number of benzene rings is 2. The van der Waals surface area contributed by atoms with Gasteiger partial charge in [0.25, 0.3) is 5.91 Å². The van der Waals surface area contributed by atoms with Gasteiger partial charge in [0.15, 0.2) is 0 Å². The number of nitrogens with one attached hydrogen (secondary N) is 2. The van der Waals surface area contributed by atoms with E-state index in [0.29, 0.717) is 30.3 Å². The van der Waals surface area contributed by atoms with Crippen molar-refractivity contribution in [2.45, 2.75) is 39.8 Å². The zero-order chi connectivity index (χ0) is 30.4. The fourth-order valence-electron chi connectivity index (χ4n) is 4.69. The van der Waals surface area contributed by atoms with Gasteiger partial charge in [-0.3, -0.25) is 14.7 Å². The van der Waals surface area contributed by atoms with Crippen LogP contribution in [0.15, 0.2) is 79.3 Å². The maximum atomic E-state index is 13.0. The van der Waals surface area contributed by atoms with Gasteiger partial charge in [0.1, 0.15) is 5.60 Å². The number of hydrogen-bond acceptors (Lipinski definition) is 8. The molecule has 2 aromatic carbocycles. The van der Waals surface area contributed by atoms with Crippen molar-refractivity contribution in [3.05, 3.63) is 95.9 Å². The minimum Gasteiger partial charge on any atom is -0.444 e. The Labute approximate surface area is 252 Å². The molecule has 1 fully saturated rings. The topological polar surface area (TPSA) is 113 Å². The van der Waals surface area contributed by atoms with Crippen molar-refractivity contribution in [1.29, 1.82) is 0 Å². The molecule has 4 aromatic rings. The van der Waals surface area contributed by atoms with Crippen LogP contribution in [0.3, 0.4) is 0 Å². The Hall–Kier alpha value is -4.83. The third-order valence-corrected chi connectivity index (χ3v) is 7.00. The van der Waals surface area contributed by atoms with E-state index >= 15 is 0 Å². The van der Waals surface area contributed by atoms with E-state index in [1.807, 2.05) is 88.4 Å². The Kier molecular flexibility index (Phi) is 8.96. The van der Waals surface area contributed by atoms with Crippen LogP contribution in [-0.4, -0.2) is 68.5 Å². The summed E-state index contributed by atoms with van der Waals surface area (Å²) in [6.07, 6.45) is 4.92. The van der Waals surface area contributed by atoms with Crippen molar-refractivity contribution in [3.8, 4) is 11.3 Å². The van der Waals surface area contributed by atoms with Crippen molar-refractivity contribution in [3.63, 3.8) is 0 Å². The molecule has 10 heteroatoms. The van der Waals surface area contributed by atoms with Crippen LogP contribution in [0.5, 0.6) is 0 Å². The van der Waals surface area contributed by atoms with Crippen LogP contribution in [0.4, 0.5) is 22.1 Å². The van der Waals surface area contributed by atoms with Gasteiger partial charge < -0.3 is 20.3 Å². The lowest BCUT2D eigenvalue weighted by atomic mass is 10.1. The summed E-state index contributed by atoms with van der Waals surface area (Å²) in [4.78, 5) is 42.6. The Bertz CT molecular complexity index is 1560. The lowest BCUT2D eigenvalue weighted by molar-refractivity contribution is 0.0139. The number of piperazine rings is 1. The number of hydrogen-bond donors (Lipinski definition) is 2. The monoisotopic (exact) mass is 579 g/mol. The average molecular weight is 580 g/mol. The van der Waals surface area contributed by atoms with Gasteiger partial charge in [-0.15, -0.1) is 0 Å². The number of aromatic nitrogens is 3. The van der Waals surface area contributed by atoms with E-state index in [4.69, 9.17) is 4.74 Å². The Morgan fingerprint density at radius 2 is 1.72 bits per heavy atom. The fourth-order valence-corrected chi connectivity index (χ4v) is 4.69. The summed E-state index contributed by atoms with van der Waals surface area (Å²) in [5.74, 6) is 0.261. The number of carbonyl (C=O) groups excluding carboxylic acids is 2. The second-order valence-corrected chi connectivity index (χ2v) is 11.6. The molecule has 2 aromatic heterocycles. The Balaban J connectivity index is 1.16. The van der Waals surface area contributed by atoms with Gasteiger partial charge in [-0.1, -0.05) is 18.2 Å². The number of carbonyl (C=O) groups is 2. The summed E-state index contributed by atoms with van der Waals surface area (Å²) in [6.45, 7) is 11.2. The molecule has 0 aliphatic carbocycles. The Morgan fingerprint density at radius 1 is 0.953 bits per heavy atom. The first-order valence-electron chi connectivity index (χ1n) is 14.3. The average Bonchev–Trinajstić information content (AvgIpc) is 2.99. The smallest absolute Gasteiger partial charge is 0.410 e. The molecule has 10 nitrogen and oxygen atoms in total. The molecule has 1 saturated heterocycles. The molecule has 0 saturated carbocycles. The van der Waals surface area contributed by atoms with E-state index in [1.54, 1.807) is 23.5 Å². The van der Waals surface area contributed by atoms with Crippen LogP contribution in [0.25, 0.3) is 11.3 Å². The SMILES string of the molecule is Cc1ccc(NC(=O)c2ccc(CN3CCN(C(=O)OC(C)(C)C)CC3)cc2)cc1Nc1nccc(-c2cccnc2)n1. The van der Waals surface area contributed by atoms with Crippen LogP contribution >= 0.6 is 0 Å². The number of nitrogens with zero attached hydrogens (tertiary/aromatic N) is 5. The van der Waals surface area contributed by atoms with E-state index in [1.165, 1.54) is 0 Å². The molecule has 3 heterocycles. The highest BCUT2D eigenvalue weighted by atomic mass is 16.6. The van der Waals surface area contributed by atoms with Gasteiger partial charge in [-0.2, -0.15) is 0 Å². The molecule has 1 aliphatic rings. The highest BCUT2D eigenvalue weighted by Gasteiger charge is 2.25. The molecule has 0 radical (unpaired) electrons. The second-order valence-electron chi connectivity index (χ2n) is 11.6. The highest BCUT2D eigenvalue weighted by Crippen LogP contribution is 2.25. The summed E-state index contributed by atoms with van der Waals surface area (Å²) in [5.41, 5.74) is 5.29. The number of rotatable bonds is 7. The van der Waals surface area contributed by atoms with Crippen molar-refractivity contribution < 1.29 is 14.3 Å². The summed E-state index contributed by atoms with van der Waals surface area (Å²) >= 11 is 0. The van der Waals surface area contributed by atoms with Gasteiger partial charge in [0, 0.05) is 73.8 Å². The van der Waals surface area contributed by atoms with Gasteiger partial charge in [-0.25, -0.2) is 14.8 Å². The van der Waals surface area contributed by atoms with Crippen LogP contribution < -0.4 is 10.6 Å². The van der Waals surface area contributed by atoms with E-state index in [0.717, 1.165) is 47.7 Å². The standard InChI is InChI=1S/C33H37N7O3/c1-23-7-12-27(20-29(23)38-31-35-15-13-28(37-31)26-6-5-14-34-21-26)36-30(41)25-10-8-24(9-11-25)22-39-16-18-40(19-17-39)32(42)43-33(2,3)4/h5-15,20-21H,16-19,22H2,1-4H3,(H,36,41)(H,35,37,38). The number of ether oxygens (including phenoxy) is 1. The van der Waals surface area contributed by atoms with Crippen molar-refractivity contribution in [1.82, 2.24) is 24.8 Å². The van der Waals surface area contributed by atoms with Crippen molar-refractivity contribution >= 4 is 29.3 Å². The zero-order valence-electron chi connectivity index (χ0n) is 25.0.